The van der Waals surface area contributed by atoms with Gasteiger partial charge in [-0.2, -0.15) is 0 Å². The monoisotopic (exact) mass is 215 g/mol. The third kappa shape index (κ3) is 5.37. The molecule has 0 spiro atoms. The first kappa shape index (κ1) is 13.9. The number of carbonyl (C=O) groups is 2. The Kier molecular flexibility index (Phi) is 6.70. The Hall–Kier alpha value is -1.10. The van der Waals surface area contributed by atoms with Crippen LogP contribution in [0.15, 0.2) is 0 Å². The minimum absolute atomic E-state index is 0.0757. The molecule has 0 aromatic carbocycles. The molecule has 1 atom stereocenters. The Balaban J connectivity index is 4.17. The molecule has 0 fully saturated rings. The van der Waals surface area contributed by atoms with Crippen molar-refractivity contribution in [1.82, 2.24) is 10.6 Å². The van der Waals surface area contributed by atoms with Gasteiger partial charge in [-0.05, 0) is 18.9 Å². The maximum absolute atomic E-state index is 11.4. The summed E-state index contributed by atoms with van der Waals surface area (Å²) >= 11 is 0. The van der Waals surface area contributed by atoms with Crippen LogP contribution in [0.1, 0.15) is 26.7 Å². The maximum atomic E-state index is 11.4. The highest BCUT2D eigenvalue weighted by Gasteiger charge is 2.22. The average Bonchev–Trinajstić information content (AvgIpc) is 2.21. The van der Waals surface area contributed by atoms with E-state index >= 15 is 0 Å². The predicted octanol–water partition coefficient (Wildman–Crippen LogP) is -0.388. The summed E-state index contributed by atoms with van der Waals surface area (Å²) in [6, 6.07) is -0.458. The second kappa shape index (κ2) is 7.23. The van der Waals surface area contributed by atoms with Crippen LogP contribution in [0.25, 0.3) is 0 Å². The highest BCUT2D eigenvalue weighted by Crippen LogP contribution is 2.02. The topological polar surface area (TPSA) is 84.2 Å². The fraction of sp³-hybridized carbons (Fsp3) is 0.800. The van der Waals surface area contributed by atoms with E-state index in [-0.39, 0.29) is 17.7 Å². The van der Waals surface area contributed by atoms with E-state index in [0.717, 1.165) is 0 Å². The van der Waals surface area contributed by atoms with Crippen molar-refractivity contribution in [2.75, 3.05) is 13.6 Å². The van der Waals surface area contributed by atoms with Gasteiger partial charge >= 0.3 is 0 Å². The van der Waals surface area contributed by atoms with Crippen LogP contribution >= 0.6 is 0 Å². The zero-order valence-corrected chi connectivity index (χ0v) is 9.67. The number of hydrogen-bond acceptors (Lipinski definition) is 3. The van der Waals surface area contributed by atoms with Gasteiger partial charge in [0.05, 0.1) is 0 Å². The van der Waals surface area contributed by atoms with Gasteiger partial charge in [-0.3, -0.25) is 9.59 Å². The summed E-state index contributed by atoms with van der Waals surface area (Å²) in [7, 11) is 1.56. The molecule has 0 saturated carbocycles. The Morgan fingerprint density at radius 2 is 1.93 bits per heavy atom. The summed E-state index contributed by atoms with van der Waals surface area (Å²) < 4.78 is 0. The lowest BCUT2D eigenvalue weighted by atomic mass is 10.0. The largest absolute Gasteiger partial charge is 0.357 e. The average molecular weight is 215 g/mol. The van der Waals surface area contributed by atoms with Crippen molar-refractivity contribution in [2.45, 2.75) is 32.7 Å². The number of nitrogens with two attached hydrogens (primary N) is 1. The first-order valence-electron chi connectivity index (χ1n) is 5.24. The van der Waals surface area contributed by atoms with Crippen LogP contribution < -0.4 is 16.4 Å². The van der Waals surface area contributed by atoms with Gasteiger partial charge in [0.1, 0.15) is 6.04 Å². The predicted molar refractivity (Wildman–Crippen MR) is 59.1 cm³/mol. The lowest BCUT2D eigenvalue weighted by Gasteiger charge is -2.20. The Morgan fingerprint density at radius 3 is 2.33 bits per heavy atom. The van der Waals surface area contributed by atoms with Gasteiger partial charge in [-0.25, -0.2) is 0 Å². The highest BCUT2D eigenvalue weighted by molar-refractivity contribution is 5.87. The molecule has 88 valence electrons. The smallest absolute Gasteiger partial charge is 0.242 e. The van der Waals surface area contributed by atoms with Crippen molar-refractivity contribution in [3.63, 3.8) is 0 Å². The number of carbonyl (C=O) groups excluding carboxylic acids is 2. The third-order valence-electron chi connectivity index (χ3n) is 2.12. The second-order valence-electron chi connectivity index (χ2n) is 3.80. The van der Waals surface area contributed by atoms with Gasteiger partial charge in [-0.1, -0.05) is 13.8 Å². The molecule has 0 aliphatic rings. The van der Waals surface area contributed by atoms with Crippen LogP contribution in [-0.2, 0) is 9.59 Å². The van der Waals surface area contributed by atoms with E-state index in [1.54, 1.807) is 7.05 Å². The first-order chi connectivity index (χ1) is 7.02. The number of likely N-dealkylation sites (N-methyl/N-ethyl adjacent to an activating group) is 1. The minimum atomic E-state index is -0.458. The van der Waals surface area contributed by atoms with Crippen molar-refractivity contribution in [3.8, 4) is 0 Å². The Bertz CT molecular complexity index is 217. The van der Waals surface area contributed by atoms with E-state index in [1.807, 2.05) is 13.8 Å². The molecule has 0 aromatic rings. The minimum Gasteiger partial charge on any atom is -0.357 e. The molecule has 0 heterocycles. The summed E-state index contributed by atoms with van der Waals surface area (Å²) in [6.07, 6.45) is 1.01. The quantitative estimate of drug-likeness (QED) is 0.564. The van der Waals surface area contributed by atoms with Gasteiger partial charge in [0.15, 0.2) is 0 Å². The van der Waals surface area contributed by atoms with Crippen LogP contribution in [0.4, 0.5) is 0 Å². The number of hydrogen-bond donors (Lipinski definition) is 3. The van der Waals surface area contributed by atoms with E-state index in [1.165, 1.54) is 0 Å². The molecule has 5 nitrogen and oxygen atoms in total. The molecular weight excluding hydrogens is 194 g/mol. The molecule has 4 N–H and O–H groups in total. The van der Waals surface area contributed by atoms with Crippen molar-refractivity contribution in [2.24, 2.45) is 11.7 Å². The maximum Gasteiger partial charge on any atom is 0.242 e. The summed E-state index contributed by atoms with van der Waals surface area (Å²) in [5, 5.41) is 5.22. The molecule has 1 unspecified atom stereocenters. The SMILES string of the molecule is CNC(=O)C(NC(=O)CCCN)C(C)C. The molecule has 0 aliphatic heterocycles. The van der Waals surface area contributed by atoms with Crippen LogP contribution in [-0.4, -0.2) is 31.4 Å². The molecule has 15 heavy (non-hydrogen) atoms. The van der Waals surface area contributed by atoms with Gasteiger partial charge in [0.2, 0.25) is 11.8 Å². The Morgan fingerprint density at radius 1 is 1.33 bits per heavy atom. The second-order valence-corrected chi connectivity index (χ2v) is 3.80. The number of rotatable bonds is 6. The summed E-state index contributed by atoms with van der Waals surface area (Å²) in [5.74, 6) is -0.208. The van der Waals surface area contributed by atoms with Crippen molar-refractivity contribution < 1.29 is 9.59 Å². The van der Waals surface area contributed by atoms with E-state index in [4.69, 9.17) is 5.73 Å². The van der Waals surface area contributed by atoms with Crippen LogP contribution in [0, 0.1) is 5.92 Å². The van der Waals surface area contributed by atoms with E-state index in [0.29, 0.717) is 19.4 Å². The van der Waals surface area contributed by atoms with Crippen LogP contribution in [0.3, 0.4) is 0 Å². The van der Waals surface area contributed by atoms with Crippen molar-refractivity contribution in [3.05, 3.63) is 0 Å². The fourth-order valence-electron chi connectivity index (χ4n) is 1.20. The molecule has 5 heteroatoms. The van der Waals surface area contributed by atoms with E-state index in [2.05, 4.69) is 10.6 Å². The van der Waals surface area contributed by atoms with Gasteiger partial charge in [0.25, 0.3) is 0 Å². The zero-order chi connectivity index (χ0) is 11.8. The highest BCUT2D eigenvalue weighted by atomic mass is 16.2. The summed E-state index contributed by atoms with van der Waals surface area (Å²) in [4.78, 5) is 22.8. The normalized spacial score (nSPS) is 12.3. The van der Waals surface area contributed by atoms with Gasteiger partial charge in [0, 0.05) is 13.5 Å². The molecule has 0 aromatic heterocycles. The third-order valence-corrected chi connectivity index (χ3v) is 2.12. The standard InChI is InChI=1S/C10H21N3O2/c1-7(2)9(10(15)12-3)13-8(14)5-4-6-11/h7,9H,4-6,11H2,1-3H3,(H,12,15)(H,13,14). The fourth-order valence-corrected chi connectivity index (χ4v) is 1.20. The summed E-state index contributed by atoms with van der Waals surface area (Å²) in [6.45, 7) is 4.27. The van der Waals surface area contributed by atoms with E-state index < -0.39 is 6.04 Å². The molecule has 0 aliphatic carbocycles. The van der Waals surface area contributed by atoms with Crippen molar-refractivity contribution in [1.29, 1.82) is 0 Å². The molecule has 0 rings (SSSR count). The van der Waals surface area contributed by atoms with Crippen LogP contribution in [0.5, 0.6) is 0 Å². The Labute approximate surface area is 90.8 Å². The molecular formula is C10H21N3O2. The molecule has 0 saturated heterocycles. The molecule has 0 radical (unpaired) electrons. The number of nitrogens with one attached hydrogen (secondary N) is 2. The lowest BCUT2D eigenvalue weighted by molar-refractivity contribution is -0.129. The van der Waals surface area contributed by atoms with Crippen molar-refractivity contribution >= 4 is 11.8 Å². The summed E-state index contributed by atoms with van der Waals surface area (Å²) in [5.41, 5.74) is 5.29. The van der Waals surface area contributed by atoms with Crippen LogP contribution in [0.2, 0.25) is 0 Å². The lowest BCUT2D eigenvalue weighted by Crippen LogP contribution is -2.48. The zero-order valence-electron chi connectivity index (χ0n) is 9.67. The molecule has 2 amide bonds. The first-order valence-corrected chi connectivity index (χ1v) is 5.24. The van der Waals surface area contributed by atoms with Gasteiger partial charge in [-0.15, -0.1) is 0 Å². The van der Waals surface area contributed by atoms with Gasteiger partial charge < -0.3 is 16.4 Å². The molecule has 0 bridgehead atoms. The van der Waals surface area contributed by atoms with E-state index in [9.17, 15) is 9.59 Å². The number of amides is 2.